The van der Waals surface area contributed by atoms with E-state index in [1.807, 2.05) is 0 Å². The fourth-order valence-corrected chi connectivity index (χ4v) is 3.02. The van der Waals surface area contributed by atoms with Crippen molar-refractivity contribution in [3.63, 3.8) is 0 Å². The Morgan fingerprint density at radius 1 is 1.63 bits per heavy atom. The molecule has 2 N–H and O–H groups in total. The van der Waals surface area contributed by atoms with E-state index in [9.17, 15) is 4.79 Å². The number of halogens is 1. The molecule has 104 valence electrons. The molecule has 1 aliphatic rings. The SMILES string of the molecule is COC1(C(=O)c2cc(Cl)cnc2N)CCCC(C)C1. The number of Topliss-reactive ketones (excluding diaryl/α,β-unsaturated/α-hetero) is 1. The van der Waals surface area contributed by atoms with Crippen molar-refractivity contribution in [3.8, 4) is 0 Å². The molecule has 1 aromatic rings. The minimum Gasteiger partial charge on any atom is -0.383 e. The van der Waals surface area contributed by atoms with Crippen LogP contribution in [0.1, 0.15) is 43.0 Å². The van der Waals surface area contributed by atoms with Gasteiger partial charge in [0.15, 0.2) is 5.78 Å². The highest BCUT2D eigenvalue weighted by molar-refractivity contribution is 6.31. The van der Waals surface area contributed by atoms with Gasteiger partial charge in [-0.1, -0.05) is 24.9 Å². The number of hydrogen-bond acceptors (Lipinski definition) is 4. The topological polar surface area (TPSA) is 65.2 Å². The average Bonchev–Trinajstić information content (AvgIpc) is 2.40. The van der Waals surface area contributed by atoms with Crippen molar-refractivity contribution in [2.24, 2.45) is 5.92 Å². The molecular formula is C14H19ClN2O2. The van der Waals surface area contributed by atoms with Crippen molar-refractivity contribution >= 4 is 23.2 Å². The highest BCUT2D eigenvalue weighted by atomic mass is 35.5. The van der Waals surface area contributed by atoms with Crippen molar-refractivity contribution in [1.29, 1.82) is 0 Å². The Morgan fingerprint density at radius 3 is 3.00 bits per heavy atom. The van der Waals surface area contributed by atoms with E-state index in [4.69, 9.17) is 22.1 Å². The number of aromatic nitrogens is 1. The summed E-state index contributed by atoms with van der Waals surface area (Å²) >= 11 is 5.91. The van der Waals surface area contributed by atoms with Gasteiger partial charge in [0.05, 0.1) is 10.6 Å². The molecule has 1 heterocycles. The van der Waals surface area contributed by atoms with Crippen LogP contribution in [0.4, 0.5) is 5.82 Å². The summed E-state index contributed by atoms with van der Waals surface area (Å²) in [6.45, 7) is 2.14. The monoisotopic (exact) mass is 282 g/mol. The Morgan fingerprint density at radius 2 is 2.37 bits per heavy atom. The lowest BCUT2D eigenvalue weighted by Gasteiger charge is -2.37. The van der Waals surface area contributed by atoms with Crippen LogP contribution in [0.15, 0.2) is 12.3 Å². The van der Waals surface area contributed by atoms with Crippen LogP contribution in [0.2, 0.25) is 5.02 Å². The maximum absolute atomic E-state index is 12.8. The largest absolute Gasteiger partial charge is 0.383 e. The normalized spacial score (nSPS) is 27.2. The van der Waals surface area contributed by atoms with Gasteiger partial charge < -0.3 is 10.5 Å². The van der Waals surface area contributed by atoms with E-state index in [1.165, 1.54) is 6.20 Å². The lowest BCUT2D eigenvalue weighted by atomic mass is 9.75. The van der Waals surface area contributed by atoms with Crippen molar-refractivity contribution in [1.82, 2.24) is 4.98 Å². The first kappa shape index (κ1) is 14.3. The Balaban J connectivity index is 2.37. The molecule has 2 unspecified atom stereocenters. The first-order valence-electron chi connectivity index (χ1n) is 6.49. The van der Waals surface area contributed by atoms with Gasteiger partial charge in [0.2, 0.25) is 0 Å². The number of nitrogens with zero attached hydrogens (tertiary/aromatic N) is 1. The number of nitrogens with two attached hydrogens (primary N) is 1. The van der Waals surface area contributed by atoms with Gasteiger partial charge in [0.25, 0.3) is 0 Å². The van der Waals surface area contributed by atoms with Crippen LogP contribution in [0.25, 0.3) is 0 Å². The molecular weight excluding hydrogens is 264 g/mol. The van der Waals surface area contributed by atoms with E-state index in [1.54, 1.807) is 13.2 Å². The number of nitrogen functional groups attached to an aromatic ring is 1. The quantitative estimate of drug-likeness (QED) is 0.865. The number of carbonyl (C=O) groups is 1. The zero-order valence-corrected chi connectivity index (χ0v) is 12.0. The van der Waals surface area contributed by atoms with Crippen LogP contribution in [0.5, 0.6) is 0 Å². The lowest BCUT2D eigenvalue weighted by Crippen LogP contribution is -2.45. The van der Waals surface area contributed by atoms with E-state index >= 15 is 0 Å². The molecule has 2 atom stereocenters. The Bertz CT molecular complexity index is 492. The number of carbonyl (C=O) groups excluding carboxylic acids is 1. The maximum atomic E-state index is 12.8. The van der Waals surface area contributed by atoms with Gasteiger partial charge in [-0.05, 0) is 31.2 Å². The van der Waals surface area contributed by atoms with Crippen LogP contribution in [-0.2, 0) is 4.74 Å². The number of ether oxygens (including phenoxy) is 1. The highest BCUT2D eigenvalue weighted by Gasteiger charge is 2.43. The fraction of sp³-hybridized carbons (Fsp3) is 0.571. The molecule has 0 radical (unpaired) electrons. The second-order valence-corrected chi connectivity index (χ2v) is 5.75. The van der Waals surface area contributed by atoms with E-state index in [0.717, 1.165) is 19.3 Å². The zero-order valence-electron chi connectivity index (χ0n) is 11.3. The van der Waals surface area contributed by atoms with Gasteiger partial charge in [-0.25, -0.2) is 4.98 Å². The van der Waals surface area contributed by atoms with Crippen LogP contribution in [0, 0.1) is 5.92 Å². The second-order valence-electron chi connectivity index (χ2n) is 5.32. The minimum atomic E-state index is -0.780. The summed E-state index contributed by atoms with van der Waals surface area (Å²) in [5.74, 6) is 0.573. The van der Waals surface area contributed by atoms with E-state index < -0.39 is 5.60 Å². The number of ketones is 1. The summed E-state index contributed by atoms with van der Waals surface area (Å²) in [7, 11) is 1.59. The molecule has 4 nitrogen and oxygen atoms in total. The summed E-state index contributed by atoms with van der Waals surface area (Å²) in [5, 5.41) is 0.410. The first-order valence-corrected chi connectivity index (χ1v) is 6.87. The molecule has 1 saturated carbocycles. The van der Waals surface area contributed by atoms with Gasteiger partial charge in [0.1, 0.15) is 11.4 Å². The second kappa shape index (κ2) is 5.47. The van der Waals surface area contributed by atoms with Gasteiger partial charge >= 0.3 is 0 Å². The smallest absolute Gasteiger partial charge is 0.198 e. The van der Waals surface area contributed by atoms with E-state index in [0.29, 0.717) is 22.9 Å². The molecule has 2 rings (SSSR count). The van der Waals surface area contributed by atoms with Gasteiger partial charge in [-0.3, -0.25) is 4.79 Å². The molecule has 1 aromatic heterocycles. The summed E-state index contributed by atoms with van der Waals surface area (Å²) in [6.07, 6.45) is 4.99. The van der Waals surface area contributed by atoms with Gasteiger partial charge in [0, 0.05) is 13.3 Å². The third-order valence-corrected chi connectivity index (χ3v) is 4.10. The minimum absolute atomic E-state index is 0.103. The Hall–Kier alpha value is -1.13. The van der Waals surface area contributed by atoms with Crippen LogP contribution >= 0.6 is 11.6 Å². The number of pyridine rings is 1. The summed E-state index contributed by atoms with van der Waals surface area (Å²) in [4.78, 5) is 16.7. The van der Waals surface area contributed by atoms with Crippen molar-refractivity contribution < 1.29 is 9.53 Å². The van der Waals surface area contributed by atoms with Gasteiger partial charge in [-0.15, -0.1) is 0 Å². The highest BCUT2D eigenvalue weighted by Crippen LogP contribution is 2.38. The third kappa shape index (κ3) is 2.74. The van der Waals surface area contributed by atoms with Crippen LogP contribution in [0.3, 0.4) is 0 Å². The molecule has 19 heavy (non-hydrogen) atoms. The molecule has 0 aromatic carbocycles. The standard InChI is InChI=1S/C14H19ClN2O2/c1-9-4-3-5-14(7-9,19-2)12(18)11-6-10(15)8-17-13(11)16/h6,8-9H,3-5,7H2,1-2H3,(H2,16,17). The number of hydrogen-bond donors (Lipinski definition) is 1. The van der Waals surface area contributed by atoms with E-state index in [2.05, 4.69) is 11.9 Å². The van der Waals surface area contributed by atoms with Crippen LogP contribution < -0.4 is 5.73 Å². The molecule has 0 saturated heterocycles. The molecule has 0 spiro atoms. The molecule has 0 bridgehead atoms. The predicted molar refractivity (Wildman–Crippen MR) is 75.4 cm³/mol. The lowest BCUT2D eigenvalue weighted by molar-refractivity contribution is -0.0302. The number of methoxy groups -OCH3 is 1. The van der Waals surface area contributed by atoms with Crippen molar-refractivity contribution in [2.45, 2.75) is 38.2 Å². The molecule has 1 aliphatic carbocycles. The number of rotatable bonds is 3. The fourth-order valence-electron chi connectivity index (χ4n) is 2.86. The Kier molecular flexibility index (Phi) is 4.11. The Labute approximate surface area is 118 Å². The van der Waals surface area contributed by atoms with Crippen LogP contribution in [-0.4, -0.2) is 23.5 Å². The summed E-state index contributed by atoms with van der Waals surface area (Å²) in [6, 6.07) is 1.58. The number of anilines is 1. The van der Waals surface area contributed by atoms with E-state index in [-0.39, 0.29) is 11.6 Å². The first-order chi connectivity index (χ1) is 8.98. The summed E-state index contributed by atoms with van der Waals surface area (Å²) < 4.78 is 5.58. The van der Waals surface area contributed by atoms with Crippen molar-refractivity contribution in [2.75, 3.05) is 12.8 Å². The molecule has 0 amide bonds. The predicted octanol–water partition coefficient (Wildman–Crippen LogP) is 3.10. The maximum Gasteiger partial charge on any atom is 0.198 e. The molecule has 5 heteroatoms. The molecule has 0 aliphatic heterocycles. The zero-order chi connectivity index (χ0) is 14.0. The summed E-state index contributed by atoms with van der Waals surface area (Å²) in [5.41, 5.74) is 5.38. The molecule has 1 fully saturated rings. The average molecular weight is 283 g/mol. The third-order valence-electron chi connectivity index (χ3n) is 3.89. The van der Waals surface area contributed by atoms with Crippen molar-refractivity contribution in [3.05, 3.63) is 22.8 Å². The van der Waals surface area contributed by atoms with Gasteiger partial charge in [-0.2, -0.15) is 0 Å².